The highest BCUT2D eigenvalue weighted by molar-refractivity contribution is 7.19. The second kappa shape index (κ2) is 8.51. The molecule has 4 aromatic rings. The van der Waals surface area contributed by atoms with Crippen LogP contribution in [0.15, 0.2) is 71.7 Å². The Morgan fingerprint density at radius 2 is 1.94 bits per heavy atom. The maximum atomic E-state index is 12.8. The fourth-order valence-electron chi connectivity index (χ4n) is 4.08. The van der Waals surface area contributed by atoms with Gasteiger partial charge in [0.2, 0.25) is 0 Å². The molecule has 0 unspecified atom stereocenters. The van der Waals surface area contributed by atoms with Gasteiger partial charge in [-0.05, 0) is 53.6 Å². The molecule has 0 saturated heterocycles. The molecule has 1 amide bonds. The topological polar surface area (TPSA) is 71.8 Å². The van der Waals surface area contributed by atoms with Gasteiger partial charge in [0, 0.05) is 34.1 Å². The van der Waals surface area contributed by atoms with Gasteiger partial charge in [0.25, 0.3) is 5.56 Å². The van der Waals surface area contributed by atoms with E-state index in [1.165, 1.54) is 15.8 Å². The van der Waals surface area contributed by atoms with Crippen LogP contribution in [0.5, 0.6) is 5.75 Å². The third kappa shape index (κ3) is 3.99. The molecule has 0 saturated carbocycles. The molecule has 0 bridgehead atoms. The van der Waals surface area contributed by atoms with Gasteiger partial charge in [-0.15, -0.1) is 11.3 Å². The summed E-state index contributed by atoms with van der Waals surface area (Å²) in [6, 6.07) is 19.0. The number of amides is 1. The van der Waals surface area contributed by atoms with E-state index in [0.29, 0.717) is 25.4 Å². The van der Waals surface area contributed by atoms with Gasteiger partial charge in [-0.2, -0.15) is 0 Å². The molecule has 0 spiro atoms. The van der Waals surface area contributed by atoms with Crippen LogP contribution in [0, 0.1) is 0 Å². The highest BCUT2D eigenvalue weighted by Gasteiger charge is 2.22. The van der Waals surface area contributed by atoms with Crippen molar-refractivity contribution >= 4 is 27.5 Å². The lowest BCUT2D eigenvalue weighted by atomic mass is 10.1. The number of aromatic nitrogens is 1. The van der Waals surface area contributed by atoms with Crippen LogP contribution in [0.4, 0.5) is 4.79 Å². The number of aryl methyl sites for hydroxylation is 1. The average molecular weight is 447 g/mol. The summed E-state index contributed by atoms with van der Waals surface area (Å²) in [5, 5.41) is 10.5. The number of hydrogen-bond donors (Lipinski definition) is 1. The van der Waals surface area contributed by atoms with E-state index in [-0.39, 0.29) is 5.56 Å². The Morgan fingerprint density at radius 3 is 2.72 bits per heavy atom. The van der Waals surface area contributed by atoms with Crippen molar-refractivity contribution in [2.75, 3.05) is 6.54 Å². The minimum Gasteiger partial charge on any atom is -0.489 e. The third-order valence-corrected chi connectivity index (χ3v) is 7.00. The molecule has 0 radical (unpaired) electrons. The molecular weight excluding hydrogens is 424 g/mol. The molecule has 1 aliphatic rings. The summed E-state index contributed by atoms with van der Waals surface area (Å²) in [6.45, 7) is 1.33. The zero-order valence-electron chi connectivity index (χ0n) is 17.4. The molecule has 0 fully saturated rings. The number of hydrogen-bond acceptors (Lipinski definition) is 4. The predicted molar refractivity (Wildman–Crippen MR) is 125 cm³/mol. The SMILES string of the molecule is O=C(O)N1CCCc2sc3ccc(-n4ccc(OCc5ccccc5)cc4=O)cc3c2C1. The molecule has 7 heteroatoms. The van der Waals surface area contributed by atoms with Crippen molar-refractivity contribution in [3.63, 3.8) is 0 Å². The third-order valence-electron chi connectivity index (χ3n) is 5.73. The zero-order chi connectivity index (χ0) is 22.1. The predicted octanol–water partition coefficient (Wildman–Crippen LogP) is 5.06. The van der Waals surface area contributed by atoms with Crippen LogP contribution in [-0.4, -0.2) is 27.2 Å². The van der Waals surface area contributed by atoms with Crippen molar-refractivity contribution in [1.82, 2.24) is 9.47 Å². The minimum atomic E-state index is -0.893. The van der Waals surface area contributed by atoms with E-state index in [0.717, 1.165) is 39.7 Å². The Balaban J connectivity index is 1.44. The number of nitrogens with zero attached hydrogens (tertiary/aromatic N) is 2. The molecular formula is C25H22N2O4S. The van der Waals surface area contributed by atoms with Crippen LogP contribution < -0.4 is 10.3 Å². The highest BCUT2D eigenvalue weighted by atomic mass is 32.1. The Morgan fingerprint density at radius 1 is 1.09 bits per heavy atom. The molecule has 5 rings (SSSR count). The first-order chi connectivity index (χ1) is 15.6. The maximum Gasteiger partial charge on any atom is 0.407 e. The standard InChI is InChI=1S/C25H22N2O4S/c28-24-14-19(31-16-17-5-2-1-3-6-17)10-12-27(24)18-8-9-23-20(13-18)21-15-26(25(29)30)11-4-7-22(21)32-23/h1-3,5-6,8-10,12-14H,4,7,11,15-16H2,(H,29,30). The number of pyridine rings is 1. The summed E-state index contributed by atoms with van der Waals surface area (Å²) < 4.78 is 8.47. The van der Waals surface area contributed by atoms with E-state index in [1.54, 1.807) is 28.2 Å². The van der Waals surface area contributed by atoms with Gasteiger partial charge in [-0.1, -0.05) is 30.3 Å². The van der Waals surface area contributed by atoms with Crippen LogP contribution in [-0.2, 0) is 19.6 Å². The van der Waals surface area contributed by atoms with E-state index in [9.17, 15) is 14.7 Å². The smallest absolute Gasteiger partial charge is 0.407 e. The van der Waals surface area contributed by atoms with Gasteiger partial charge in [-0.25, -0.2) is 4.79 Å². The Kier molecular flexibility index (Phi) is 5.41. The number of fused-ring (bicyclic) bond motifs is 3. The maximum absolute atomic E-state index is 12.8. The van der Waals surface area contributed by atoms with E-state index in [4.69, 9.17) is 4.74 Å². The monoisotopic (exact) mass is 446 g/mol. The van der Waals surface area contributed by atoms with E-state index in [1.807, 2.05) is 48.5 Å². The second-order valence-electron chi connectivity index (χ2n) is 7.84. The molecule has 0 aliphatic carbocycles. The normalized spacial score (nSPS) is 13.6. The summed E-state index contributed by atoms with van der Waals surface area (Å²) in [5.41, 5.74) is 2.67. The Hall–Kier alpha value is -3.58. The quantitative estimate of drug-likeness (QED) is 0.476. The van der Waals surface area contributed by atoms with Crippen LogP contribution in [0.2, 0.25) is 0 Å². The van der Waals surface area contributed by atoms with Crippen molar-refractivity contribution in [2.24, 2.45) is 0 Å². The number of thiophene rings is 1. The van der Waals surface area contributed by atoms with E-state index in [2.05, 4.69) is 0 Å². The summed E-state index contributed by atoms with van der Waals surface area (Å²) >= 11 is 1.71. The van der Waals surface area contributed by atoms with E-state index < -0.39 is 6.09 Å². The van der Waals surface area contributed by atoms with Gasteiger partial charge in [0.15, 0.2) is 0 Å². The van der Waals surface area contributed by atoms with Crippen LogP contribution in [0.25, 0.3) is 15.8 Å². The van der Waals surface area contributed by atoms with Gasteiger partial charge >= 0.3 is 6.09 Å². The lowest BCUT2D eigenvalue weighted by Crippen LogP contribution is -2.28. The molecule has 6 nitrogen and oxygen atoms in total. The fourth-order valence-corrected chi connectivity index (χ4v) is 5.32. The number of ether oxygens (including phenoxy) is 1. The molecule has 3 heterocycles. The van der Waals surface area contributed by atoms with Gasteiger partial charge < -0.3 is 14.7 Å². The van der Waals surface area contributed by atoms with Crippen molar-refractivity contribution in [1.29, 1.82) is 0 Å². The second-order valence-corrected chi connectivity index (χ2v) is 8.97. The van der Waals surface area contributed by atoms with Gasteiger partial charge in [0.05, 0.1) is 6.54 Å². The van der Waals surface area contributed by atoms with Gasteiger partial charge in [-0.3, -0.25) is 9.36 Å². The van der Waals surface area contributed by atoms with Gasteiger partial charge in [0.1, 0.15) is 12.4 Å². The molecule has 2 aromatic carbocycles. The molecule has 1 N–H and O–H groups in total. The lowest BCUT2D eigenvalue weighted by Gasteiger charge is -2.16. The molecule has 1 aliphatic heterocycles. The van der Waals surface area contributed by atoms with Crippen molar-refractivity contribution < 1.29 is 14.6 Å². The highest BCUT2D eigenvalue weighted by Crippen LogP contribution is 2.36. The number of carboxylic acid groups (broad SMARTS) is 1. The van der Waals surface area contributed by atoms with E-state index >= 15 is 0 Å². The molecule has 2 aromatic heterocycles. The average Bonchev–Trinajstić information content (AvgIpc) is 2.99. The van der Waals surface area contributed by atoms with Crippen LogP contribution in [0.1, 0.15) is 22.4 Å². The summed E-state index contributed by atoms with van der Waals surface area (Å²) in [6.07, 6.45) is 2.53. The summed E-state index contributed by atoms with van der Waals surface area (Å²) in [7, 11) is 0. The van der Waals surface area contributed by atoms with Crippen molar-refractivity contribution in [2.45, 2.75) is 26.0 Å². The Labute approximate surface area is 188 Å². The van der Waals surface area contributed by atoms with Crippen LogP contribution in [0.3, 0.4) is 0 Å². The first-order valence-corrected chi connectivity index (χ1v) is 11.3. The lowest BCUT2D eigenvalue weighted by molar-refractivity contribution is 0.143. The molecule has 0 atom stereocenters. The largest absolute Gasteiger partial charge is 0.489 e. The Bertz CT molecular complexity index is 1340. The summed E-state index contributed by atoms with van der Waals surface area (Å²) in [4.78, 5) is 27.1. The summed E-state index contributed by atoms with van der Waals surface area (Å²) in [5.74, 6) is 0.526. The molecule has 32 heavy (non-hydrogen) atoms. The van der Waals surface area contributed by atoms with Crippen molar-refractivity contribution in [3.05, 3.63) is 93.2 Å². The minimum absolute atomic E-state index is 0.177. The number of benzene rings is 2. The van der Waals surface area contributed by atoms with Crippen LogP contribution >= 0.6 is 11.3 Å². The fraction of sp³-hybridized carbons (Fsp3) is 0.200. The number of carbonyl (C=O) groups is 1. The molecule has 162 valence electrons. The van der Waals surface area contributed by atoms with Crippen molar-refractivity contribution in [3.8, 4) is 11.4 Å². The first kappa shape index (κ1) is 20.3. The zero-order valence-corrected chi connectivity index (χ0v) is 18.2. The number of rotatable bonds is 4. The first-order valence-electron chi connectivity index (χ1n) is 10.5.